The molecule has 0 amide bonds. The molecular formula is C23H21F2N5O2. The normalized spacial score (nSPS) is 24.3. The fourth-order valence-electron chi connectivity index (χ4n) is 5.34. The van der Waals surface area contributed by atoms with Crippen molar-refractivity contribution in [2.45, 2.75) is 31.7 Å². The van der Waals surface area contributed by atoms with E-state index < -0.39 is 11.6 Å². The van der Waals surface area contributed by atoms with Gasteiger partial charge < -0.3 is 15.0 Å². The highest BCUT2D eigenvalue weighted by Crippen LogP contribution is 2.47. The predicted octanol–water partition coefficient (Wildman–Crippen LogP) is 4.16. The van der Waals surface area contributed by atoms with Gasteiger partial charge in [-0.25, -0.2) is 18.7 Å². The average molecular weight is 437 g/mol. The number of carbonyl (C=O) groups is 1. The maximum absolute atomic E-state index is 15.0. The molecule has 0 unspecified atom stereocenters. The number of aromatic amines is 1. The van der Waals surface area contributed by atoms with E-state index in [-0.39, 0.29) is 46.8 Å². The summed E-state index contributed by atoms with van der Waals surface area (Å²) in [4.78, 5) is 23.9. The number of H-pyrrole nitrogens is 1. The van der Waals surface area contributed by atoms with Gasteiger partial charge in [-0.15, -0.1) is 0 Å². The minimum atomic E-state index is -0.681. The summed E-state index contributed by atoms with van der Waals surface area (Å²) in [6.07, 6.45) is 6.46. The highest BCUT2D eigenvalue weighted by molar-refractivity contribution is 5.94. The molecule has 3 saturated carbocycles. The van der Waals surface area contributed by atoms with Crippen molar-refractivity contribution in [3.63, 3.8) is 0 Å². The largest absolute Gasteiger partial charge is 0.469 e. The number of rotatable bonds is 4. The van der Waals surface area contributed by atoms with Gasteiger partial charge in [0.05, 0.1) is 30.5 Å². The molecule has 0 spiro atoms. The Kier molecular flexibility index (Phi) is 5.00. The van der Waals surface area contributed by atoms with Gasteiger partial charge >= 0.3 is 5.97 Å². The van der Waals surface area contributed by atoms with Gasteiger partial charge in [0.15, 0.2) is 11.6 Å². The van der Waals surface area contributed by atoms with E-state index in [4.69, 9.17) is 4.74 Å². The number of nitrogens with zero attached hydrogens (tertiary/aromatic N) is 3. The molecule has 6 rings (SSSR count). The first-order valence-corrected chi connectivity index (χ1v) is 10.6. The lowest BCUT2D eigenvalue weighted by Crippen LogP contribution is -2.52. The summed E-state index contributed by atoms with van der Waals surface area (Å²) < 4.78 is 33.8. The van der Waals surface area contributed by atoms with E-state index in [1.165, 1.54) is 13.2 Å². The molecule has 9 heteroatoms. The number of nitriles is 1. The van der Waals surface area contributed by atoms with Crippen LogP contribution < -0.4 is 5.32 Å². The van der Waals surface area contributed by atoms with Crippen molar-refractivity contribution in [2.24, 2.45) is 17.8 Å². The number of methoxy groups -OCH3 is 1. The number of pyridine rings is 2. The van der Waals surface area contributed by atoms with E-state index >= 15 is 0 Å². The number of anilines is 1. The second kappa shape index (κ2) is 7.86. The molecule has 7 nitrogen and oxygen atoms in total. The van der Waals surface area contributed by atoms with Gasteiger partial charge in [0.25, 0.3) is 0 Å². The van der Waals surface area contributed by atoms with Gasteiger partial charge in [-0.2, -0.15) is 5.26 Å². The van der Waals surface area contributed by atoms with Crippen molar-refractivity contribution in [3.8, 4) is 17.3 Å². The van der Waals surface area contributed by atoms with E-state index in [0.717, 1.165) is 37.9 Å². The molecule has 3 aromatic heterocycles. The third kappa shape index (κ3) is 3.27. The van der Waals surface area contributed by atoms with Crippen LogP contribution in [0.2, 0.25) is 0 Å². The van der Waals surface area contributed by atoms with Gasteiger partial charge in [0, 0.05) is 23.2 Å². The van der Waals surface area contributed by atoms with Crippen molar-refractivity contribution in [1.82, 2.24) is 15.0 Å². The van der Waals surface area contributed by atoms with Crippen molar-refractivity contribution < 1.29 is 18.3 Å². The Balaban J connectivity index is 1.57. The SMILES string of the molecule is COC(=O)[C@H]1C2CCC(CC2)[C@@H]1Nc1nc(-c2c[nH]c3ncc(F)cc23)c(C#N)cc1F. The minimum Gasteiger partial charge on any atom is -0.469 e. The molecule has 0 aliphatic heterocycles. The molecule has 3 aliphatic carbocycles. The van der Waals surface area contributed by atoms with Crippen LogP contribution in [-0.4, -0.2) is 34.1 Å². The molecule has 32 heavy (non-hydrogen) atoms. The third-order valence-electron chi connectivity index (χ3n) is 6.85. The number of aromatic nitrogens is 3. The Labute approximate surface area is 182 Å². The van der Waals surface area contributed by atoms with Gasteiger partial charge in [0.2, 0.25) is 0 Å². The van der Waals surface area contributed by atoms with E-state index in [1.54, 1.807) is 6.20 Å². The molecule has 3 heterocycles. The van der Waals surface area contributed by atoms with Crippen LogP contribution in [0.3, 0.4) is 0 Å². The predicted molar refractivity (Wildman–Crippen MR) is 112 cm³/mol. The van der Waals surface area contributed by atoms with Crippen LogP contribution in [0.25, 0.3) is 22.3 Å². The zero-order valence-corrected chi connectivity index (χ0v) is 17.4. The number of carbonyl (C=O) groups excluding carboxylic acids is 1. The van der Waals surface area contributed by atoms with Crippen LogP contribution in [-0.2, 0) is 9.53 Å². The summed E-state index contributed by atoms with van der Waals surface area (Å²) in [7, 11) is 1.37. The summed E-state index contributed by atoms with van der Waals surface area (Å²) in [5.74, 6) is -1.53. The van der Waals surface area contributed by atoms with Gasteiger partial charge in [0.1, 0.15) is 17.5 Å². The lowest BCUT2D eigenvalue weighted by Gasteiger charge is -2.47. The van der Waals surface area contributed by atoms with Gasteiger partial charge in [-0.05, 0) is 49.7 Å². The third-order valence-corrected chi connectivity index (χ3v) is 6.85. The quantitative estimate of drug-likeness (QED) is 0.594. The number of fused-ring (bicyclic) bond motifs is 4. The fourth-order valence-corrected chi connectivity index (χ4v) is 5.34. The minimum absolute atomic E-state index is 0.0212. The molecular weight excluding hydrogens is 416 g/mol. The Bertz CT molecular complexity index is 1240. The number of nitrogens with one attached hydrogen (secondary N) is 2. The summed E-state index contributed by atoms with van der Waals surface area (Å²) >= 11 is 0. The second-order valence-corrected chi connectivity index (χ2v) is 8.47. The molecule has 3 aromatic rings. The molecule has 164 valence electrons. The molecule has 0 aromatic carbocycles. The van der Waals surface area contributed by atoms with Crippen molar-refractivity contribution >= 4 is 22.8 Å². The summed E-state index contributed by atoms with van der Waals surface area (Å²) in [5, 5.41) is 13.2. The van der Waals surface area contributed by atoms with Crippen molar-refractivity contribution in [3.05, 3.63) is 41.7 Å². The topological polar surface area (TPSA) is 104 Å². The zero-order valence-electron chi connectivity index (χ0n) is 17.4. The zero-order chi connectivity index (χ0) is 22.4. The number of esters is 1. The number of halogens is 2. The first-order valence-electron chi connectivity index (χ1n) is 10.6. The van der Waals surface area contributed by atoms with Crippen molar-refractivity contribution in [1.29, 1.82) is 5.26 Å². The van der Waals surface area contributed by atoms with E-state index in [0.29, 0.717) is 16.6 Å². The molecule has 0 saturated heterocycles. The average Bonchev–Trinajstić information content (AvgIpc) is 3.23. The monoisotopic (exact) mass is 437 g/mol. The molecule has 2 bridgehead atoms. The number of hydrogen-bond donors (Lipinski definition) is 2. The second-order valence-electron chi connectivity index (χ2n) is 8.47. The Morgan fingerprint density at radius 2 is 2.00 bits per heavy atom. The van der Waals surface area contributed by atoms with Crippen LogP contribution >= 0.6 is 0 Å². The highest BCUT2D eigenvalue weighted by atomic mass is 19.1. The van der Waals surface area contributed by atoms with E-state index in [2.05, 4.69) is 20.3 Å². The Hall–Kier alpha value is -3.54. The van der Waals surface area contributed by atoms with Crippen LogP contribution in [0.5, 0.6) is 0 Å². The number of ether oxygens (including phenoxy) is 1. The summed E-state index contributed by atoms with van der Waals surface area (Å²) in [6.45, 7) is 0. The van der Waals surface area contributed by atoms with Crippen LogP contribution in [0.4, 0.5) is 14.6 Å². The van der Waals surface area contributed by atoms with E-state index in [9.17, 15) is 18.8 Å². The van der Waals surface area contributed by atoms with Crippen molar-refractivity contribution in [2.75, 3.05) is 12.4 Å². The van der Waals surface area contributed by atoms with Gasteiger partial charge in [-0.3, -0.25) is 4.79 Å². The first-order chi connectivity index (χ1) is 15.5. The van der Waals surface area contributed by atoms with Crippen LogP contribution in [0.15, 0.2) is 24.5 Å². The van der Waals surface area contributed by atoms with Gasteiger partial charge in [-0.1, -0.05) is 0 Å². The Morgan fingerprint density at radius 1 is 1.25 bits per heavy atom. The summed E-state index contributed by atoms with van der Waals surface area (Å²) in [5.41, 5.74) is 1.11. The molecule has 3 aliphatic rings. The molecule has 0 radical (unpaired) electrons. The fraction of sp³-hybridized carbons (Fsp3) is 0.391. The van der Waals surface area contributed by atoms with Crippen LogP contribution in [0, 0.1) is 40.7 Å². The lowest BCUT2D eigenvalue weighted by molar-refractivity contribution is -0.152. The highest BCUT2D eigenvalue weighted by Gasteiger charge is 2.48. The maximum atomic E-state index is 15.0. The molecule has 3 fully saturated rings. The number of hydrogen-bond acceptors (Lipinski definition) is 6. The smallest absolute Gasteiger partial charge is 0.311 e. The summed E-state index contributed by atoms with van der Waals surface area (Å²) in [6, 6.07) is 4.07. The standard InChI is InChI=1S/C23H21F2N5O2/c1-32-23(31)18-11-2-4-12(5-3-11)20(18)30-22-17(25)6-13(8-26)19(29-22)16-10-28-21-15(16)7-14(24)9-27-21/h6-7,9-12,18,20H,2-5H2,1H3,(H,27,28)(H,29,30)/t11?,12?,18-,20-/m0/s1. The molecule has 2 N–H and O–H groups in total. The molecule has 2 atom stereocenters. The lowest BCUT2D eigenvalue weighted by atomic mass is 9.61. The van der Waals surface area contributed by atoms with Crippen LogP contribution in [0.1, 0.15) is 31.2 Å². The Morgan fingerprint density at radius 3 is 2.72 bits per heavy atom. The van der Waals surface area contributed by atoms with E-state index in [1.807, 2.05) is 6.07 Å². The first kappa shape index (κ1) is 20.4. The maximum Gasteiger partial charge on any atom is 0.311 e.